The second-order valence-corrected chi connectivity index (χ2v) is 4.90. The zero-order valence-electron chi connectivity index (χ0n) is 9.85. The number of carbonyl (C=O) groups is 2. The van der Waals surface area contributed by atoms with Crippen LogP contribution in [0.1, 0.15) is 6.42 Å². The summed E-state index contributed by atoms with van der Waals surface area (Å²) < 4.78 is 0.901. The molecule has 2 amide bonds. The molecule has 0 spiro atoms. The summed E-state index contributed by atoms with van der Waals surface area (Å²) in [6.45, 7) is 0.539. The summed E-state index contributed by atoms with van der Waals surface area (Å²) in [4.78, 5) is 29.9. The van der Waals surface area contributed by atoms with Crippen molar-refractivity contribution in [3.05, 3.63) is 28.7 Å². The van der Waals surface area contributed by atoms with E-state index in [-0.39, 0.29) is 11.8 Å². The van der Waals surface area contributed by atoms with Crippen molar-refractivity contribution < 1.29 is 14.4 Å². The van der Waals surface area contributed by atoms with E-state index in [4.69, 9.17) is 0 Å². The predicted octanol–water partition coefficient (Wildman–Crippen LogP) is 1.48. The van der Waals surface area contributed by atoms with Crippen LogP contribution in [0.4, 0.5) is 5.69 Å². The summed E-state index contributed by atoms with van der Waals surface area (Å²) in [5.41, 5.74) is 3.00. The third-order valence-electron chi connectivity index (χ3n) is 2.84. The molecule has 0 aliphatic carbocycles. The average molecular weight is 313 g/mol. The highest BCUT2D eigenvalue weighted by atomic mass is 79.9. The van der Waals surface area contributed by atoms with Crippen LogP contribution in [0.5, 0.6) is 0 Å². The van der Waals surface area contributed by atoms with Crippen LogP contribution in [0.3, 0.4) is 0 Å². The van der Waals surface area contributed by atoms with Crippen molar-refractivity contribution in [3.63, 3.8) is 0 Å². The van der Waals surface area contributed by atoms with E-state index in [9.17, 15) is 9.59 Å². The maximum Gasteiger partial charge on any atom is 0.256 e. The zero-order chi connectivity index (χ0) is 13.1. The number of carbonyl (C=O) groups excluding carboxylic acids is 2. The molecule has 5 nitrogen and oxygen atoms in total. The molecule has 0 radical (unpaired) electrons. The lowest BCUT2D eigenvalue weighted by Gasteiger charge is -2.16. The standard InChI is InChI=1S/C12H13BrN2O3/c1-18-14-11(16)10-5-6-15(12(10)17)9-4-2-3-8(13)7-9/h2-4,7,10H,5-6H2,1H3,(H,14,16). The number of hydrogen-bond donors (Lipinski definition) is 1. The first kappa shape index (κ1) is 13.0. The Hall–Kier alpha value is -1.40. The molecule has 0 aromatic heterocycles. The molecule has 2 rings (SSSR count). The summed E-state index contributed by atoms with van der Waals surface area (Å²) >= 11 is 3.36. The van der Waals surface area contributed by atoms with Crippen LogP contribution in [0.25, 0.3) is 0 Å². The Morgan fingerprint density at radius 2 is 2.33 bits per heavy atom. The second-order valence-electron chi connectivity index (χ2n) is 3.98. The van der Waals surface area contributed by atoms with Gasteiger partial charge in [-0.3, -0.25) is 14.4 Å². The molecule has 1 unspecified atom stereocenters. The molecule has 1 saturated heterocycles. The molecule has 1 atom stereocenters. The van der Waals surface area contributed by atoms with Crippen molar-refractivity contribution in [2.75, 3.05) is 18.6 Å². The number of hydroxylamine groups is 1. The van der Waals surface area contributed by atoms with Gasteiger partial charge in [-0.15, -0.1) is 0 Å². The smallest absolute Gasteiger partial charge is 0.256 e. The summed E-state index contributed by atoms with van der Waals surface area (Å²) in [7, 11) is 1.35. The van der Waals surface area contributed by atoms with Crippen LogP contribution in [-0.4, -0.2) is 25.5 Å². The number of benzene rings is 1. The highest BCUT2D eigenvalue weighted by molar-refractivity contribution is 9.10. The van der Waals surface area contributed by atoms with Crippen molar-refractivity contribution in [3.8, 4) is 0 Å². The van der Waals surface area contributed by atoms with E-state index in [0.717, 1.165) is 10.2 Å². The van der Waals surface area contributed by atoms with E-state index < -0.39 is 5.92 Å². The van der Waals surface area contributed by atoms with Gasteiger partial charge < -0.3 is 4.90 Å². The van der Waals surface area contributed by atoms with Gasteiger partial charge in [0.2, 0.25) is 5.91 Å². The van der Waals surface area contributed by atoms with Crippen LogP contribution in [0.2, 0.25) is 0 Å². The SMILES string of the molecule is CONC(=O)C1CCN(c2cccc(Br)c2)C1=O. The first-order chi connectivity index (χ1) is 8.63. The molecule has 1 N–H and O–H groups in total. The van der Waals surface area contributed by atoms with Gasteiger partial charge in [-0.1, -0.05) is 22.0 Å². The number of hydrogen-bond acceptors (Lipinski definition) is 3. The van der Waals surface area contributed by atoms with Crippen molar-refractivity contribution in [1.29, 1.82) is 0 Å². The van der Waals surface area contributed by atoms with Crippen molar-refractivity contribution in [2.45, 2.75) is 6.42 Å². The van der Waals surface area contributed by atoms with Crippen LogP contribution < -0.4 is 10.4 Å². The largest absolute Gasteiger partial charge is 0.312 e. The lowest BCUT2D eigenvalue weighted by atomic mass is 10.1. The average Bonchev–Trinajstić information content (AvgIpc) is 2.71. The number of amides is 2. The fraction of sp³-hybridized carbons (Fsp3) is 0.333. The summed E-state index contributed by atoms with van der Waals surface area (Å²) in [6, 6.07) is 7.45. The van der Waals surface area contributed by atoms with Crippen molar-refractivity contribution >= 4 is 33.4 Å². The van der Waals surface area contributed by atoms with Gasteiger partial charge in [0, 0.05) is 16.7 Å². The summed E-state index contributed by atoms with van der Waals surface area (Å²) in [5, 5.41) is 0. The molecule has 0 saturated carbocycles. The third-order valence-corrected chi connectivity index (χ3v) is 3.34. The lowest BCUT2D eigenvalue weighted by Crippen LogP contribution is -2.36. The number of nitrogens with zero attached hydrogens (tertiary/aromatic N) is 1. The topological polar surface area (TPSA) is 58.6 Å². The maximum absolute atomic E-state index is 12.1. The second kappa shape index (κ2) is 5.49. The summed E-state index contributed by atoms with van der Waals surface area (Å²) in [6.07, 6.45) is 0.501. The van der Waals surface area contributed by atoms with E-state index in [0.29, 0.717) is 13.0 Å². The van der Waals surface area contributed by atoms with Crippen LogP contribution in [0, 0.1) is 5.92 Å². The molecule has 1 aliphatic heterocycles. The van der Waals surface area contributed by atoms with Crippen LogP contribution in [-0.2, 0) is 14.4 Å². The molecular formula is C12H13BrN2O3. The first-order valence-corrected chi connectivity index (χ1v) is 6.32. The first-order valence-electron chi connectivity index (χ1n) is 5.53. The molecule has 96 valence electrons. The number of nitrogens with one attached hydrogen (secondary N) is 1. The maximum atomic E-state index is 12.1. The van der Waals surface area contributed by atoms with E-state index in [1.165, 1.54) is 7.11 Å². The minimum Gasteiger partial charge on any atom is -0.312 e. The number of anilines is 1. The van der Waals surface area contributed by atoms with Gasteiger partial charge >= 0.3 is 0 Å². The molecule has 1 aromatic carbocycles. The monoisotopic (exact) mass is 312 g/mol. The summed E-state index contributed by atoms with van der Waals surface area (Å²) in [5.74, 6) is -1.24. The van der Waals surface area contributed by atoms with E-state index in [1.54, 1.807) is 4.90 Å². The molecule has 1 aromatic rings. The molecule has 1 heterocycles. The number of halogens is 1. The Bertz CT molecular complexity index is 478. The molecular weight excluding hydrogens is 300 g/mol. The van der Waals surface area contributed by atoms with Gasteiger partial charge in [0.15, 0.2) is 0 Å². The van der Waals surface area contributed by atoms with Gasteiger partial charge in [0.1, 0.15) is 5.92 Å². The fourth-order valence-electron chi connectivity index (χ4n) is 2.00. The minimum absolute atomic E-state index is 0.192. The minimum atomic E-state index is -0.663. The fourth-order valence-corrected chi connectivity index (χ4v) is 2.38. The van der Waals surface area contributed by atoms with Gasteiger partial charge in [-0.05, 0) is 24.6 Å². The predicted molar refractivity (Wildman–Crippen MR) is 69.8 cm³/mol. The van der Waals surface area contributed by atoms with Crippen molar-refractivity contribution in [2.24, 2.45) is 5.92 Å². The van der Waals surface area contributed by atoms with Gasteiger partial charge in [0.05, 0.1) is 7.11 Å². The van der Waals surface area contributed by atoms with Crippen LogP contribution in [0.15, 0.2) is 28.7 Å². The highest BCUT2D eigenvalue weighted by Crippen LogP contribution is 2.27. The normalized spacial score (nSPS) is 19.1. The Kier molecular flexibility index (Phi) is 3.98. The highest BCUT2D eigenvalue weighted by Gasteiger charge is 2.37. The Morgan fingerprint density at radius 1 is 1.56 bits per heavy atom. The van der Waals surface area contributed by atoms with E-state index >= 15 is 0 Å². The van der Waals surface area contributed by atoms with E-state index in [2.05, 4.69) is 26.2 Å². The Labute approximate surface area is 113 Å². The van der Waals surface area contributed by atoms with Gasteiger partial charge in [0.25, 0.3) is 5.91 Å². The Balaban J connectivity index is 2.14. The molecule has 1 aliphatic rings. The zero-order valence-corrected chi connectivity index (χ0v) is 11.4. The quantitative estimate of drug-likeness (QED) is 0.679. The number of rotatable bonds is 3. The van der Waals surface area contributed by atoms with Gasteiger partial charge in [-0.25, -0.2) is 5.48 Å². The molecule has 1 fully saturated rings. The molecule has 18 heavy (non-hydrogen) atoms. The Morgan fingerprint density at radius 3 is 3.00 bits per heavy atom. The molecule has 6 heteroatoms. The van der Waals surface area contributed by atoms with E-state index in [1.807, 2.05) is 24.3 Å². The van der Waals surface area contributed by atoms with Gasteiger partial charge in [-0.2, -0.15) is 0 Å². The molecule has 0 bridgehead atoms. The third kappa shape index (κ3) is 2.54. The lowest BCUT2D eigenvalue weighted by molar-refractivity contribution is -0.139. The van der Waals surface area contributed by atoms with Crippen molar-refractivity contribution in [1.82, 2.24) is 5.48 Å². The van der Waals surface area contributed by atoms with Crippen LogP contribution >= 0.6 is 15.9 Å².